The number of carbonyl (C=O) groups is 1. The smallest absolute Gasteiger partial charge is 0.268 e. The van der Waals surface area contributed by atoms with Gasteiger partial charge in [0.2, 0.25) is 5.91 Å². The second-order valence-corrected chi connectivity index (χ2v) is 3.83. The van der Waals surface area contributed by atoms with Crippen LogP contribution in [-0.2, 0) is 4.79 Å². The molecule has 8 heteroatoms. The quantitative estimate of drug-likeness (QED) is 0.415. The van der Waals surface area contributed by atoms with Crippen molar-refractivity contribution in [2.75, 3.05) is 6.54 Å². The first-order chi connectivity index (χ1) is 8.41. The van der Waals surface area contributed by atoms with Crippen molar-refractivity contribution in [1.29, 1.82) is 0 Å². The average molecular weight is 257 g/mol. The molecular formula is C10H15N3O5. The summed E-state index contributed by atoms with van der Waals surface area (Å²) >= 11 is 0. The molecule has 2 unspecified atom stereocenters. The van der Waals surface area contributed by atoms with Gasteiger partial charge in [-0.05, 0) is 6.42 Å². The van der Waals surface area contributed by atoms with Crippen LogP contribution in [0.4, 0.5) is 0 Å². The third-order valence-electron chi connectivity index (χ3n) is 2.35. The second-order valence-electron chi connectivity index (χ2n) is 3.83. The summed E-state index contributed by atoms with van der Waals surface area (Å²) < 4.78 is 0. The van der Waals surface area contributed by atoms with E-state index in [-0.39, 0.29) is 24.4 Å². The minimum absolute atomic E-state index is 0.0625. The number of H-pyrrole nitrogens is 2. The van der Waals surface area contributed by atoms with Crippen molar-refractivity contribution in [3.63, 3.8) is 0 Å². The molecule has 1 aromatic rings. The van der Waals surface area contributed by atoms with E-state index in [1.165, 1.54) is 6.92 Å². The molecule has 1 rings (SSSR count). The summed E-state index contributed by atoms with van der Waals surface area (Å²) in [6.07, 6.45) is -2.67. The van der Waals surface area contributed by atoms with Gasteiger partial charge in [-0.1, -0.05) is 0 Å². The Labute approximate surface area is 102 Å². The van der Waals surface area contributed by atoms with E-state index in [0.717, 1.165) is 6.07 Å². The summed E-state index contributed by atoms with van der Waals surface area (Å²) in [6, 6.07) is 0.922. The number of hydrogen-bond donors (Lipinski definition) is 5. The van der Waals surface area contributed by atoms with Crippen molar-refractivity contribution in [1.82, 2.24) is 15.5 Å². The van der Waals surface area contributed by atoms with Crippen molar-refractivity contribution in [3.8, 4) is 0 Å². The van der Waals surface area contributed by atoms with Crippen LogP contribution < -0.4 is 16.4 Å². The number of hydrogen-bond acceptors (Lipinski definition) is 5. The summed E-state index contributed by atoms with van der Waals surface area (Å²) in [6.45, 7) is 1.49. The minimum atomic E-state index is -1.48. The predicted molar refractivity (Wildman–Crippen MR) is 62.0 cm³/mol. The number of aliphatic hydroxyl groups is 2. The van der Waals surface area contributed by atoms with E-state index in [0.29, 0.717) is 0 Å². The van der Waals surface area contributed by atoms with Gasteiger partial charge in [0.25, 0.3) is 11.1 Å². The van der Waals surface area contributed by atoms with E-state index in [2.05, 4.69) is 5.32 Å². The van der Waals surface area contributed by atoms with E-state index in [1.807, 2.05) is 10.2 Å². The van der Waals surface area contributed by atoms with Crippen molar-refractivity contribution in [2.24, 2.45) is 0 Å². The van der Waals surface area contributed by atoms with E-state index in [4.69, 9.17) is 0 Å². The maximum atomic E-state index is 11.3. The molecule has 2 atom stereocenters. The van der Waals surface area contributed by atoms with E-state index in [9.17, 15) is 24.6 Å². The van der Waals surface area contributed by atoms with Crippen LogP contribution in [0.2, 0.25) is 0 Å². The van der Waals surface area contributed by atoms with Gasteiger partial charge < -0.3 is 15.5 Å². The second kappa shape index (κ2) is 6.12. The van der Waals surface area contributed by atoms with Gasteiger partial charge in [0.1, 0.15) is 6.10 Å². The number of aromatic amines is 2. The van der Waals surface area contributed by atoms with Crippen LogP contribution in [0.25, 0.3) is 0 Å². The van der Waals surface area contributed by atoms with Gasteiger partial charge in [0, 0.05) is 19.5 Å². The highest BCUT2D eigenvalue weighted by Crippen LogP contribution is 2.13. The number of rotatable bonds is 5. The Kier molecular flexibility index (Phi) is 4.81. The monoisotopic (exact) mass is 257 g/mol. The largest absolute Gasteiger partial charge is 0.390 e. The molecule has 100 valence electrons. The molecule has 18 heavy (non-hydrogen) atoms. The van der Waals surface area contributed by atoms with Crippen LogP contribution in [0, 0.1) is 0 Å². The molecule has 0 bridgehead atoms. The van der Waals surface area contributed by atoms with Gasteiger partial charge in [-0.3, -0.25) is 24.6 Å². The molecule has 0 aromatic carbocycles. The normalized spacial score (nSPS) is 13.9. The maximum Gasteiger partial charge on any atom is 0.268 e. The fourth-order valence-electron chi connectivity index (χ4n) is 1.41. The summed E-state index contributed by atoms with van der Waals surface area (Å²) in [4.78, 5) is 32.9. The van der Waals surface area contributed by atoms with Crippen LogP contribution in [0.1, 0.15) is 25.0 Å². The Bertz CT molecular complexity index is 521. The lowest BCUT2D eigenvalue weighted by atomic mass is 10.0. The SMILES string of the molecule is CC(=O)NCCC(O)C(O)c1cc(=O)[nH][nH]c1=O. The van der Waals surface area contributed by atoms with E-state index < -0.39 is 23.3 Å². The number of aliphatic hydroxyl groups excluding tert-OH is 2. The molecule has 0 aliphatic rings. The first-order valence-electron chi connectivity index (χ1n) is 5.34. The Morgan fingerprint density at radius 2 is 2.06 bits per heavy atom. The zero-order valence-corrected chi connectivity index (χ0v) is 9.77. The summed E-state index contributed by atoms with van der Waals surface area (Å²) in [5, 5.41) is 25.9. The first kappa shape index (κ1) is 14.1. The van der Waals surface area contributed by atoms with Gasteiger partial charge in [-0.15, -0.1) is 0 Å². The molecule has 5 N–H and O–H groups in total. The van der Waals surface area contributed by atoms with Gasteiger partial charge in [0.05, 0.1) is 11.7 Å². The number of amides is 1. The van der Waals surface area contributed by atoms with Crippen LogP contribution in [0.15, 0.2) is 15.7 Å². The third-order valence-corrected chi connectivity index (χ3v) is 2.35. The lowest BCUT2D eigenvalue weighted by molar-refractivity contribution is -0.119. The van der Waals surface area contributed by atoms with Gasteiger partial charge >= 0.3 is 0 Å². The van der Waals surface area contributed by atoms with Gasteiger partial charge in [-0.2, -0.15) is 0 Å². The number of carbonyl (C=O) groups excluding carboxylic acids is 1. The Morgan fingerprint density at radius 3 is 2.67 bits per heavy atom. The molecule has 1 aromatic heterocycles. The third kappa shape index (κ3) is 3.82. The lowest BCUT2D eigenvalue weighted by Crippen LogP contribution is -2.32. The zero-order chi connectivity index (χ0) is 13.7. The number of aromatic nitrogens is 2. The summed E-state index contributed by atoms with van der Waals surface area (Å²) in [5.74, 6) is -0.259. The van der Waals surface area contributed by atoms with Crippen molar-refractivity contribution in [2.45, 2.75) is 25.6 Å². The Hall–Kier alpha value is -1.93. The van der Waals surface area contributed by atoms with Crippen LogP contribution in [0.5, 0.6) is 0 Å². The first-order valence-corrected chi connectivity index (χ1v) is 5.34. The Balaban J connectivity index is 2.71. The van der Waals surface area contributed by atoms with Crippen LogP contribution in [-0.4, -0.2) is 39.0 Å². The molecule has 0 spiro atoms. The zero-order valence-electron chi connectivity index (χ0n) is 9.77. The highest BCUT2D eigenvalue weighted by Gasteiger charge is 2.21. The topological polar surface area (TPSA) is 135 Å². The van der Waals surface area contributed by atoms with Crippen molar-refractivity contribution >= 4 is 5.91 Å². The lowest BCUT2D eigenvalue weighted by Gasteiger charge is -2.17. The molecule has 0 saturated carbocycles. The van der Waals surface area contributed by atoms with E-state index in [1.54, 1.807) is 0 Å². The average Bonchev–Trinajstić information content (AvgIpc) is 2.30. The molecule has 8 nitrogen and oxygen atoms in total. The highest BCUT2D eigenvalue weighted by molar-refractivity contribution is 5.72. The Morgan fingerprint density at radius 1 is 1.39 bits per heavy atom. The molecule has 1 heterocycles. The molecule has 0 fully saturated rings. The van der Waals surface area contributed by atoms with Crippen LogP contribution in [0.3, 0.4) is 0 Å². The fourth-order valence-corrected chi connectivity index (χ4v) is 1.41. The minimum Gasteiger partial charge on any atom is -0.390 e. The molecule has 0 aliphatic carbocycles. The van der Waals surface area contributed by atoms with Crippen LogP contribution >= 0.6 is 0 Å². The summed E-state index contributed by atoms with van der Waals surface area (Å²) in [7, 11) is 0. The maximum absolute atomic E-state index is 11.3. The number of nitrogens with one attached hydrogen (secondary N) is 3. The molecule has 0 saturated heterocycles. The fraction of sp³-hybridized carbons (Fsp3) is 0.500. The molecule has 0 aliphatic heterocycles. The van der Waals surface area contributed by atoms with Crippen molar-refractivity contribution in [3.05, 3.63) is 32.3 Å². The van der Waals surface area contributed by atoms with Crippen molar-refractivity contribution < 1.29 is 15.0 Å². The van der Waals surface area contributed by atoms with E-state index >= 15 is 0 Å². The predicted octanol–water partition coefficient (Wildman–Crippen LogP) is -2.02. The standard InChI is InChI=1S/C10H15N3O5/c1-5(14)11-3-2-7(15)9(17)6-4-8(16)12-13-10(6)18/h4,7,9,15,17H,2-3H2,1H3,(H,11,14)(H,12,16)(H,13,18). The van der Waals surface area contributed by atoms with Gasteiger partial charge in [0.15, 0.2) is 0 Å². The van der Waals surface area contributed by atoms with Gasteiger partial charge in [-0.25, -0.2) is 0 Å². The molecular weight excluding hydrogens is 242 g/mol. The highest BCUT2D eigenvalue weighted by atomic mass is 16.3. The molecule has 0 radical (unpaired) electrons. The summed E-state index contributed by atoms with van der Waals surface area (Å²) in [5.41, 5.74) is -1.48. The molecule has 1 amide bonds.